The fraction of sp³-hybridized carbons (Fsp3) is 1.00. The lowest BCUT2D eigenvalue weighted by Gasteiger charge is -1.95. The molecular weight excluding hydrogens is 416 g/mol. The van der Waals surface area contributed by atoms with Crippen molar-refractivity contribution in [1.29, 1.82) is 0 Å². The molecule has 0 aromatic carbocycles. The summed E-state index contributed by atoms with van der Waals surface area (Å²) in [5.41, 5.74) is 0. The standard InChI is InChI=1S/2C4H8Br2/c1-4(6)2-3-5;1-2-4(6)3-5/h2*4H,2-3H2,1H3. The van der Waals surface area contributed by atoms with E-state index in [0.29, 0.717) is 9.65 Å². The lowest BCUT2D eigenvalue weighted by molar-refractivity contribution is 0.937. The third-order valence-corrected chi connectivity index (χ3v) is 4.65. The summed E-state index contributed by atoms with van der Waals surface area (Å²) in [6.07, 6.45) is 2.41. The van der Waals surface area contributed by atoms with Crippen molar-refractivity contribution < 1.29 is 0 Å². The third kappa shape index (κ3) is 17.9. The molecule has 76 valence electrons. The van der Waals surface area contributed by atoms with Gasteiger partial charge in [0.05, 0.1) is 0 Å². The van der Waals surface area contributed by atoms with Crippen LogP contribution in [0.4, 0.5) is 0 Å². The average molecular weight is 432 g/mol. The summed E-state index contributed by atoms with van der Waals surface area (Å²) in [4.78, 5) is 1.33. The quantitative estimate of drug-likeness (QED) is 0.543. The Bertz CT molecular complexity index is 71.5. The van der Waals surface area contributed by atoms with Gasteiger partial charge in [0.2, 0.25) is 0 Å². The molecule has 2 unspecified atom stereocenters. The van der Waals surface area contributed by atoms with Crippen molar-refractivity contribution in [3.8, 4) is 0 Å². The molecule has 0 saturated carbocycles. The van der Waals surface area contributed by atoms with Crippen molar-refractivity contribution in [1.82, 2.24) is 0 Å². The maximum atomic E-state index is 3.43. The molecule has 0 amide bonds. The van der Waals surface area contributed by atoms with Crippen LogP contribution in [-0.2, 0) is 0 Å². The van der Waals surface area contributed by atoms with Crippen LogP contribution in [0.2, 0.25) is 0 Å². The summed E-state index contributed by atoms with van der Waals surface area (Å²) in [5, 5.41) is 2.16. The number of alkyl halides is 4. The van der Waals surface area contributed by atoms with E-state index in [9.17, 15) is 0 Å². The van der Waals surface area contributed by atoms with E-state index in [1.807, 2.05) is 0 Å². The Hall–Kier alpha value is 1.92. The molecular formula is C8H16Br4. The molecule has 0 bridgehead atoms. The molecule has 0 nitrogen and oxygen atoms in total. The summed E-state index contributed by atoms with van der Waals surface area (Å²) in [6, 6.07) is 0. The summed E-state index contributed by atoms with van der Waals surface area (Å²) in [6.45, 7) is 4.29. The third-order valence-electron chi connectivity index (χ3n) is 1.12. The van der Waals surface area contributed by atoms with Gasteiger partial charge in [0.1, 0.15) is 0 Å². The fourth-order valence-corrected chi connectivity index (χ4v) is 2.25. The minimum atomic E-state index is 0.664. The van der Waals surface area contributed by atoms with Crippen LogP contribution in [0.15, 0.2) is 0 Å². The van der Waals surface area contributed by atoms with Gasteiger partial charge in [-0.05, 0) is 12.8 Å². The van der Waals surface area contributed by atoms with E-state index in [0.717, 1.165) is 10.7 Å². The molecule has 0 aliphatic rings. The second-order valence-electron chi connectivity index (χ2n) is 2.42. The van der Waals surface area contributed by atoms with Crippen LogP contribution in [0, 0.1) is 0 Å². The molecule has 4 heteroatoms. The first-order valence-corrected chi connectivity index (χ1v) is 8.05. The second-order valence-corrected chi connectivity index (χ2v) is 6.72. The van der Waals surface area contributed by atoms with Gasteiger partial charge in [-0.1, -0.05) is 77.6 Å². The summed E-state index contributed by atoms with van der Waals surface area (Å²) < 4.78 is 0. The Morgan fingerprint density at radius 1 is 1.17 bits per heavy atom. The Morgan fingerprint density at radius 3 is 1.67 bits per heavy atom. The smallest absolute Gasteiger partial charge is 0.0240 e. The predicted octanol–water partition coefficient (Wildman–Crippen LogP) is 5.11. The van der Waals surface area contributed by atoms with Crippen LogP contribution in [0.3, 0.4) is 0 Å². The summed E-state index contributed by atoms with van der Waals surface area (Å²) >= 11 is 13.5. The molecule has 0 aliphatic carbocycles. The zero-order valence-electron chi connectivity index (χ0n) is 7.49. The molecule has 0 aromatic rings. The molecule has 0 rings (SSSR count). The van der Waals surface area contributed by atoms with E-state index in [1.54, 1.807) is 0 Å². The normalized spacial score (nSPS) is 14.5. The molecule has 0 spiro atoms. The number of halogens is 4. The van der Waals surface area contributed by atoms with E-state index < -0.39 is 0 Å². The van der Waals surface area contributed by atoms with Gasteiger partial charge in [0.15, 0.2) is 0 Å². The molecule has 0 aliphatic heterocycles. The molecule has 0 aromatic heterocycles. The highest BCUT2D eigenvalue weighted by molar-refractivity contribution is 9.12. The monoisotopic (exact) mass is 428 g/mol. The first-order valence-electron chi connectivity index (χ1n) is 3.98. The molecule has 0 radical (unpaired) electrons. The Kier molecular flexibility index (Phi) is 17.6. The van der Waals surface area contributed by atoms with E-state index in [1.165, 1.54) is 12.8 Å². The topological polar surface area (TPSA) is 0 Å². The maximum Gasteiger partial charge on any atom is 0.0240 e. The van der Waals surface area contributed by atoms with E-state index in [2.05, 4.69) is 77.6 Å². The van der Waals surface area contributed by atoms with Crippen molar-refractivity contribution in [2.75, 3.05) is 10.7 Å². The minimum Gasteiger partial charge on any atom is -0.0928 e. The van der Waals surface area contributed by atoms with Crippen molar-refractivity contribution in [2.45, 2.75) is 36.3 Å². The van der Waals surface area contributed by atoms with Crippen molar-refractivity contribution in [3.05, 3.63) is 0 Å². The molecule has 0 fully saturated rings. The first kappa shape index (κ1) is 16.4. The van der Waals surface area contributed by atoms with E-state index in [4.69, 9.17) is 0 Å². The van der Waals surface area contributed by atoms with E-state index in [-0.39, 0.29) is 0 Å². The van der Waals surface area contributed by atoms with Gasteiger partial charge in [0, 0.05) is 20.3 Å². The summed E-state index contributed by atoms with van der Waals surface area (Å²) in [5.74, 6) is 0. The van der Waals surface area contributed by atoms with Crippen LogP contribution in [0.1, 0.15) is 26.7 Å². The molecule has 0 saturated heterocycles. The zero-order valence-corrected chi connectivity index (χ0v) is 13.8. The Balaban J connectivity index is 0. The highest BCUT2D eigenvalue weighted by Gasteiger charge is 1.92. The largest absolute Gasteiger partial charge is 0.0928 e. The van der Waals surface area contributed by atoms with Crippen molar-refractivity contribution in [3.63, 3.8) is 0 Å². The van der Waals surface area contributed by atoms with Gasteiger partial charge in [-0.15, -0.1) is 0 Å². The van der Waals surface area contributed by atoms with Crippen LogP contribution in [-0.4, -0.2) is 20.3 Å². The number of hydrogen-bond donors (Lipinski definition) is 0. The Labute approximate surface area is 110 Å². The van der Waals surface area contributed by atoms with Crippen molar-refractivity contribution >= 4 is 63.7 Å². The average Bonchev–Trinajstić information content (AvgIpc) is 2.04. The maximum absolute atomic E-state index is 3.43. The SMILES string of the molecule is CC(Br)CCBr.CCC(Br)CBr. The van der Waals surface area contributed by atoms with Gasteiger partial charge in [-0.2, -0.15) is 0 Å². The Morgan fingerprint density at radius 2 is 1.67 bits per heavy atom. The molecule has 2 atom stereocenters. The highest BCUT2D eigenvalue weighted by Crippen LogP contribution is 2.05. The second kappa shape index (κ2) is 12.9. The fourth-order valence-electron chi connectivity index (χ4n) is 0.259. The van der Waals surface area contributed by atoms with Gasteiger partial charge >= 0.3 is 0 Å². The highest BCUT2D eigenvalue weighted by atomic mass is 79.9. The van der Waals surface area contributed by atoms with Gasteiger partial charge in [-0.3, -0.25) is 0 Å². The number of rotatable bonds is 4. The minimum absolute atomic E-state index is 0.664. The van der Waals surface area contributed by atoms with Crippen LogP contribution < -0.4 is 0 Å². The van der Waals surface area contributed by atoms with Crippen LogP contribution in [0.25, 0.3) is 0 Å². The molecule has 0 heterocycles. The zero-order chi connectivity index (χ0) is 9.98. The first-order chi connectivity index (χ1) is 5.58. The van der Waals surface area contributed by atoms with Crippen LogP contribution >= 0.6 is 63.7 Å². The van der Waals surface area contributed by atoms with Gasteiger partial charge in [0.25, 0.3) is 0 Å². The number of hydrogen-bond acceptors (Lipinski definition) is 0. The summed E-state index contributed by atoms with van der Waals surface area (Å²) in [7, 11) is 0. The van der Waals surface area contributed by atoms with E-state index >= 15 is 0 Å². The molecule has 0 N–H and O–H groups in total. The lowest BCUT2D eigenvalue weighted by Crippen LogP contribution is -1.93. The van der Waals surface area contributed by atoms with Crippen molar-refractivity contribution in [2.24, 2.45) is 0 Å². The predicted molar refractivity (Wildman–Crippen MR) is 73.6 cm³/mol. The molecule has 12 heavy (non-hydrogen) atoms. The lowest BCUT2D eigenvalue weighted by atomic mass is 10.4. The van der Waals surface area contributed by atoms with Gasteiger partial charge in [-0.25, -0.2) is 0 Å². The van der Waals surface area contributed by atoms with Crippen LogP contribution in [0.5, 0.6) is 0 Å². The van der Waals surface area contributed by atoms with Gasteiger partial charge < -0.3 is 0 Å².